The van der Waals surface area contributed by atoms with Crippen LogP contribution in [0.15, 0.2) is 28.7 Å². The number of nitrogens with one attached hydrogen (secondary N) is 1. The first kappa shape index (κ1) is 22.8. The highest BCUT2D eigenvalue weighted by atomic mass is 32.2. The van der Waals surface area contributed by atoms with Crippen molar-refractivity contribution in [3.8, 4) is 0 Å². The highest BCUT2D eigenvalue weighted by Gasteiger charge is 2.29. The number of amides is 1. The van der Waals surface area contributed by atoms with Gasteiger partial charge in [-0.05, 0) is 12.0 Å². The third kappa shape index (κ3) is 5.42. The molecule has 166 valence electrons. The molecule has 1 fully saturated rings. The van der Waals surface area contributed by atoms with Gasteiger partial charge < -0.3 is 14.5 Å². The normalized spacial score (nSPS) is 16.8. The second-order valence-electron chi connectivity index (χ2n) is 7.98. The minimum atomic E-state index is -3.33. The Balaban J connectivity index is 1.83. The summed E-state index contributed by atoms with van der Waals surface area (Å²) in [7, 11) is -3.33. The largest absolute Gasteiger partial charge is 0.451 e. The van der Waals surface area contributed by atoms with E-state index < -0.39 is 9.84 Å². The first-order valence-electron chi connectivity index (χ1n) is 10.6. The van der Waals surface area contributed by atoms with Gasteiger partial charge in [0.05, 0.1) is 19.0 Å². The molecule has 0 aliphatic carbocycles. The highest BCUT2D eigenvalue weighted by Crippen LogP contribution is 2.28. The molecule has 0 bridgehead atoms. The number of morpholine rings is 1. The predicted molar refractivity (Wildman–Crippen MR) is 117 cm³/mol. The summed E-state index contributed by atoms with van der Waals surface area (Å²) in [4.78, 5) is 15.5. The lowest BCUT2D eigenvalue weighted by Crippen LogP contribution is -2.52. The van der Waals surface area contributed by atoms with Crippen molar-refractivity contribution in [3.63, 3.8) is 0 Å². The van der Waals surface area contributed by atoms with Gasteiger partial charge in [0.2, 0.25) is 0 Å². The minimum Gasteiger partial charge on any atom is -0.451 e. The van der Waals surface area contributed by atoms with Crippen molar-refractivity contribution in [1.82, 2.24) is 10.2 Å². The molecular formula is C22H32N2O5S. The summed E-state index contributed by atoms with van der Waals surface area (Å²) < 4.78 is 35.2. The lowest BCUT2D eigenvalue weighted by atomic mass is 9.92. The van der Waals surface area contributed by atoms with Gasteiger partial charge in [-0.15, -0.1) is 0 Å². The Hall–Kier alpha value is -1.90. The summed E-state index contributed by atoms with van der Waals surface area (Å²) in [5.74, 6) is -0.0535. The molecule has 1 amide bonds. The summed E-state index contributed by atoms with van der Waals surface area (Å²) in [5, 5.41) is 3.69. The monoisotopic (exact) mass is 436 g/mol. The predicted octanol–water partition coefficient (Wildman–Crippen LogP) is 2.84. The number of rotatable bonds is 9. The first-order chi connectivity index (χ1) is 14.3. The molecule has 2 heterocycles. The molecule has 1 aromatic carbocycles. The molecule has 0 radical (unpaired) electrons. The van der Waals surface area contributed by atoms with Crippen LogP contribution in [0.25, 0.3) is 11.0 Å². The van der Waals surface area contributed by atoms with Gasteiger partial charge in [-0.2, -0.15) is 0 Å². The maximum atomic E-state index is 13.1. The molecule has 3 rings (SSSR count). The van der Waals surface area contributed by atoms with Gasteiger partial charge in [-0.25, -0.2) is 8.42 Å². The van der Waals surface area contributed by atoms with Crippen molar-refractivity contribution in [3.05, 3.63) is 35.6 Å². The van der Waals surface area contributed by atoms with E-state index in [2.05, 4.69) is 24.1 Å². The lowest BCUT2D eigenvalue weighted by Gasteiger charge is -2.38. The van der Waals surface area contributed by atoms with Gasteiger partial charge >= 0.3 is 0 Å². The van der Waals surface area contributed by atoms with Gasteiger partial charge in [0.15, 0.2) is 15.6 Å². The molecular weight excluding hydrogens is 404 g/mol. The number of carbonyl (C=O) groups is 1. The number of sulfone groups is 1. The second-order valence-corrected chi connectivity index (χ2v) is 10.1. The molecule has 1 aliphatic rings. The molecule has 1 unspecified atom stereocenters. The molecule has 1 atom stereocenters. The number of fused-ring (bicyclic) bond motifs is 1. The molecule has 1 N–H and O–H groups in total. The van der Waals surface area contributed by atoms with Crippen LogP contribution < -0.4 is 5.32 Å². The Morgan fingerprint density at radius 1 is 1.17 bits per heavy atom. The molecule has 1 aliphatic heterocycles. The fourth-order valence-corrected chi connectivity index (χ4v) is 5.11. The fourth-order valence-electron chi connectivity index (χ4n) is 4.30. The zero-order valence-corrected chi connectivity index (χ0v) is 18.8. The van der Waals surface area contributed by atoms with Crippen molar-refractivity contribution in [2.24, 2.45) is 5.92 Å². The zero-order chi connectivity index (χ0) is 21.7. The highest BCUT2D eigenvalue weighted by molar-refractivity contribution is 7.89. The van der Waals surface area contributed by atoms with Crippen molar-refractivity contribution >= 4 is 26.7 Å². The van der Waals surface area contributed by atoms with Gasteiger partial charge in [-0.1, -0.05) is 44.9 Å². The van der Waals surface area contributed by atoms with E-state index in [-0.39, 0.29) is 23.5 Å². The van der Waals surface area contributed by atoms with E-state index in [1.807, 2.05) is 6.07 Å². The number of hydrogen-bond acceptors (Lipinski definition) is 6. The van der Waals surface area contributed by atoms with E-state index in [9.17, 15) is 13.2 Å². The summed E-state index contributed by atoms with van der Waals surface area (Å²) in [5.41, 5.74) is 0.946. The minimum absolute atomic E-state index is 0.0897. The molecule has 0 saturated carbocycles. The summed E-state index contributed by atoms with van der Waals surface area (Å²) in [6.07, 6.45) is 3.22. The number of nitrogens with zero attached hydrogens (tertiary/aromatic N) is 1. The van der Waals surface area contributed by atoms with E-state index in [0.29, 0.717) is 42.2 Å². The maximum Gasteiger partial charge on any atom is 0.287 e. The van der Waals surface area contributed by atoms with Gasteiger partial charge in [0, 0.05) is 42.9 Å². The third-order valence-electron chi connectivity index (χ3n) is 5.89. The quantitative estimate of drug-likeness (QED) is 0.650. The summed E-state index contributed by atoms with van der Waals surface area (Å²) >= 11 is 0. The standard InChI is InChI=1S/C22H32N2O5S/c1-4-16(5-2)19(24-10-12-28-13-11-24)14-23-22(25)21-18(15-30(3,26)27)17-8-6-7-9-20(17)29-21/h6-9,16,19H,4-5,10-15H2,1-3H3,(H,23,25). The Morgan fingerprint density at radius 2 is 1.83 bits per heavy atom. The first-order valence-corrected chi connectivity index (χ1v) is 12.7. The molecule has 0 spiro atoms. The number of para-hydroxylation sites is 1. The van der Waals surface area contributed by atoms with E-state index in [4.69, 9.17) is 9.15 Å². The van der Waals surface area contributed by atoms with Crippen LogP contribution in [0.2, 0.25) is 0 Å². The Morgan fingerprint density at radius 3 is 2.47 bits per heavy atom. The van der Waals surface area contributed by atoms with Gasteiger partial charge in [0.25, 0.3) is 5.91 Å². The third-order valence-corrected chi connectivity index (χ3v) is 6.70. The van der Waals surface area contributed by atoms with Crippen LogP contribution in [0, 0.1) is 5.92 Å². The van der Waals surface area contributed by atoms with E-state index in [1.165, 1.54) is 0 Å². The van der Waals surface area contributed by atoms with Gasteiger partial charge in [0.1, 0.15) is 5.58 Å². The SMILES string of the molecule is CCC(CC)C(CNC(=O)c1oc2ccccc2c1CS(C)(=O)=O)N1CCOCC1. The smallest absolute Gasteiger partial charge is 0.287 e. The van der Waals surface area contributed by atoms with Crippen LogP contribution in [-0.4, -0.2) is 64.4 Å². The number of carbonyl (C=O) groups excluding carboxylic acids is 1. The number of benzene rings is 1. The second kappa shape index (κ2) is 9.94. The summed E-state index contributed by atoms with van der Waals surface area (Å²) in [6, 6.07) is 7.36. The molecule has 8 heteroatoms. The summed E-state index contributed by atoms with van der Waals surface area (Å²) in [6.45, 7) is 7.93. The fraction of sp³-hybridized carbons (Fsp3) is 0.591. The van der Waals surface area contributed by atoms with Crippen molar-refractivity contribution in [2.45, 2.75) is 38.5 Å². The van der Waals surface area contributed by atoms with Crippen molar-refractivity contribution in [1.29, 1.82) is 0 Å². The molecule has 2 aromatic rings. The Bertz CT molecular complexity index is 959. The number of hydrogen-bond donors (Lipinski definition) is 1. The zero-order valence-electron chi connectivity index (χ0n) is 18.0. The van der Waals surface area contributed by atoms with Crippen molar-refractivity contribution < 1.29 is 22.4 Å². The number of ether oxygens (including phenoxy) is 1. The van der Waals surface area contributed by atoms with Crippen LogP contribution in [0.3, 0.4) is 0 Å². The van der Waals surface area contributed by atoms with Crippen LogP contribution in [0.1, 0.15) is 42.8 Å². The molecule has 7 nitrogen and oxygen atoms in total. The lowest BCUT2D eigenvalue weighted by molar-refractivity contribution is 0.00185. The topological polar surface area (TPSA) is 88.8 Å². The van der Waals surface area contributed by atoms with Crippen molar-refractivity contribution in [2.75, 3.05) is 39.1 Å². The van der Waals surface area contributed by atoms with Crippen LogP contribution in [0.4, 0.5) is 0 Å². The van der Waals surface area contributed by atoms with E-state index in [1.54, 1.807) is 18.2 Å². The Labute approximate surface area is 178 Å². The van der Waals surface area contributed by atoms with Gasteiger partial charge in [-0.3, -0.25) is 9.69 Å². The van der Waals surface area contributed by atoms with E-state index >= 15 is 0 Å². The maximum absolute atomic E-state index is 13.1. The van der Waals surface area contributed by atoms with E-state index in [0.717, 1.165) is 32.2 Å². The molecule has 30 heavy (non-hydrogen) atoms. The van der Waals surface area contributed by atoms with Crippen LogP contribution in [0.5, 0.6) is 0 Å². The average Bonchev–Trinajstić information content (AvgIpc) is 3.08. The van der Waals surface area contributed by atoms with Crippen LogP contribution >= 0.6 is 0 Å². The Kier molecular flexibility index (Phi) is 7.55. The molecule has 1 saturated heterocycles. The number of furan rings is 1. The molecule has 1 aromatic heterocycles. The average molecular weight is 437 g/mol. The van der Waals surface area contributed by atoms with Crippen LogP contribution in [-0.2, 0) is 20.3 Å².